The molecule has 3 nitrogen and oxygen atoms in total. The van der Waals surface area contributed by atoms with Crippen molar-refractivity contribution in [2.75, 3.05) is 0 Å². The van der Waals surface area contributed by atoms with Gasteiger partial charge in [0.1, 0.15) is 5.52 Å². The predicted octanol–water partition coefficient (Wildman–Crippen LogP) is 2.75. The van der Waals surface area contributed by atoms with Gasteiger partial charge in [-0.05, 0) is 18.2 Å². The molecule has 0 bridgehead atoms. The Bertz CT molecular complexity index is 1090. The molecule has 4 aromatic rings. The van der Waals surface area contributed by atoms with Crippen LogP contribution in [0.4, 0.5) is 0 Å². The molecule has 0 saturated carbocycles. The lowest BCUT2D eigenvalue weighted by Gasteiger charge is -1.96. The van der Waals surface area contributed by atoms with Gasteiger partial charge in [0.2, 0.25) is 5.82 Å². The van der Waals surface area contributed by atoms with Gasteiger partial charge in [0, 0.05) is 11.6 Å². The number of benzene rings is 1. The molecule has 5 rings (SSSR count). The largest absolute Gasteiger partial charge is 0.273 e. The van der Waals surface area contributed by atoms with E-state index < -0.39 is 6.98 Å². The van der Waals surface area contributed by atoms with E-state index in [2.05, 4.69) is 15.0 Å². The molecule has 0 spiro atoms. The second-order valence-corrected chi connectivity index (χ2v) is 5.25. The second kappa shape index (κ2) is 3.31. The van der Waals surface area contributed by atoms with Crippen LogP contribution in [0.25, 0.3) is 28.1 Å². The fourth-order valence-electron chi connectivity index (χ4n) is 3.33. The van der Waals surface area contributed by atoms with Gasteiger partial charge in [-0.2, -0.15) is 0 Å². The van der Waals surface area contributed by atoms with Gasteiger partial charge in [0.15, 0.2) is 5.52 Å². The zero-order valence-electron chi connectivity index (χ0n) is 13.7. The van der Waals surface area contributed by atoms with Crippen LogP contribution in [0.5, 0.6) is 0 Å². The fourth-order valence-corrected chi connectivity index (χ4v) is 3.33. The minimum atomic E-state index is -2.22. The Morgan fingerprint density at radius 3 is 3.00 bits per heavy atom. The molecular formula is C17H14N3+. The minimum absolute atomic E-state index is 0.700. The molecule has 3 heteroatoms. The summed E-state index contributed by atoms with van der Waals surface area (Å²) in [6.45, 7) is -1.52. The summed E-state index contributed by atoms with van der Waals surface area (Å²) in [5, 5.41) is 0. The van der Waals surface area contributed by atoms with E-state index in [9.17, 15) is 0 Å². The lowest BCUT2D eigenvalue weighted by molar-refractivity contribution is -0.648. The molecule has 96 valence electrons. The number of rotatable bonds is 0. The van der Waals surface area contributed by atoms with Crippen molar-refractivity contribution >= 4 is 16.7 Å². The first-order valence-corrected chi connectivity index (χ1v) is 6.69. The molecule has 0 saturated heterocycles. The lowest BCUT2D eigenvalue weighted by atomic mass is 10.1. The average Bonchev–Trinajstić information content (AvgIpc) is 3.12. The van der Waals surface area contributed by atoms with Crippen molar-refractivity contribution in [2.24, 2.45) is 6.98 Å². The van der Waals surface area contributed by atoms with Crippen LogP contribution in [0.2, 0.25) is 0 Å². The number of hydrogen-bond acceptors (Lipinski definition) is 0. The number of aryl methyl sites for hydroxylation is 1. The van der Waals surface area contributed by atoms with Crippen molar-refractivity contribution < 1.29 is 8.68 Å². The second-order valence-electron chi connectivity index (χ2n) is 5.25. The molecule has 0 fully saturated rings. The standard InChI is InChI=1S/C17H14N3/c1-18-15-10-13-7-4-5-9-19(13)17(15)20-11-12-6-2-3-8-14(12)16(18)20/h2-10H,11H2,1H3/q+1/i1D3. The Balaban J connectivity index is 2.01. The van der Waals surface area contributed by atoms with Crippen molar-refractivity contribution in [1.29, 1.82) is 0 Å². The van der Waals surface area contributed by atoms with E-state index in [0.29, 0.717) is 6.54 Å². The van der Waals surface area contributed by atoms with Crippen LogP contribution in [-0.4, -0.2) is 8.97 Å². The summed E-state index contributed by atoms with van der Waals surface area (Å²) >= 11 is 0. The van der Waals surface area contributed by atoms with Crippen LogP contribution in [0.1, 0.15) is 9.68 Å². The van der Waals surface area contributed by atoms with E-state index in [0.717, 1.165) is 33.6 Å². The van der Waals surface area contributed by atoms with Crippen LogP contribution in [0.3, 0.4) is 0 Å². The van der Waals surface area contributed by atoms with Crippen molar-refractivity contribution in [3.05, 3.63) is 60.3 Å². The Morgan fingerprint density at radius 1 is 1.15 bits per heavy atom. The summed E-state index contributed by atoms with van der Waals surface area (Å²) in [7, 11) is 0. The molecule has 3 aromatic heterocycles. The predicted molar refractivity (Wildman–Crippen MR) is 78.6 cm³/mol. The molecule has 0 radical (unpaired) electrons. The first-order chi connectivity index (χ1) is 11.1. The van der Waals surface area contributed by atoms with Crippen LogP contribution >= 0.6 is 0 Å². The number of fused-ring (bicyclic) bond motifs is 7. The summed E-state index contributed by atoms with van der Waals surface area (Å²) in [5.41, 5.74) is 4.85. The SMILES string of the molecule is [2H]C([2H])([2H])n1c2[n+](c3c1cc1ccccn13)Cc1ccccc1-2. The van der Waals surface area contributed by atoms with E-state index in [-0.39, 0.29) is 0 Å². The molecule has 0 N–H and O–H groups in total. The van der Waals surface area contributed by atoms with Crippen LogP contribution in [0, 0.1) is 0 Å². The molecule has 0 atom stereocenters. The molecule has 1 aliphatic rings. The third-order valence-corrected chi connectivity index (χ3v) is 4.18. The van der Waals surface area contributed by atoms with Gasteiger partial charge in [-0.15, -0.1) is 0 Å². The normalized spacial score (nSPS) is 15.9. The first-order valence-electron chi connectivity index (χ1n) is 8.19. The molecule has 1 aliphatic heterocycles. The number of imidazole rings is 1. The molecule has 1 aromatic carbocycles. The number of pyridine rings is 1. The lowest BCUT2D eigenvalue weighted by Crippen LogP contribution is -2.32. The molecule has 4 heterocycles. The van der Waals surface area contributed by atoms with E-state index in [4.69, 9.17) is 4.11 Å². The summed E-state index contributed by atoms with van der Waals surface area (Å²) < 4.78 is 29.8. The number of aromatic nitrogens is 3. The van der Waals surface area contributed by atoms with Gasteiger partial charge in [0.25, 0.3) is 5.65 Å². The number of nitrogens with zero attached hydrogens (tertiary/aromatic N) is 3. The van der Waals surface area contributed by atoms with Gasteiger partial charge in [0.05, 0.1) is 29.4 Å². The van der Waals surface area contributed by atoms with Gasteiger partial charge in [-0.1, -0.05) is 24.3 Å². The summed E-state index contributed by atoms with van der Waals surface area (Å²) in [4.78, 5) is 0. The monoisotopic (exact) mass is 263 g/mol. The Kier molecular flexibility index (Phi) is 1.31. The zero-order valence-corrected chi connectivity index (χ0v) is 10.7. The highest BCUT2D eigenvalue weighted by Gasteiger charge is 2.32. The average molecular weight is 263 g/mol. The summed E-state index contributed by atoms with van der Waals surface area (Å²) in [6, 6.07) is 15.9. The maximum atomic E-state index is 8.03. The van der Waals surface area contributed by atoms with Crippen molar-refractivity contribution in [2.45, 2.75) is 6.54 Å². The fraction of sp³-hybridized carbons (Fsp3) is 0.118. The topological polar surface area (TPSA) is 13.2 Å². The minimum Gasteiger partial charge on any atom is -0.256 e. The van der Waals surface area contributed by atoms with Crippen molar-refractivity contribution in [1.82, 2.24) is 8.97 Å². The first kappa shape index (κ1) is 7.90. The zero-order chi connectivity index (χ0) is 15.8. The third-order valence-electron chi connectivity index (χ3n) is 4.18. The molecule has 0 amide bonds. The van der Waals surface area contributed by atoms with Crippen LogP contribution in [0.15, 0.2) is 54.7 Å². The molecular weight excluding hydrogens is 246 g/mol. The summed E-state index contributed by atoms with van der Waals surface area (Å²) in [6.07, 6.45) is 1.98. The third kappa shape index (κ3) is 1.05. The van der Waals surface area contributed by atoms with E-state index in [1.165, 1.54) is 4.57 Å². The van der Waals surface area contributed by atoms with Gasteiger partial charge >= 0.3 is 0 Å². The maximum Gasteiger partial charge on any atom is 0.273 e. The Hall–Kier alpha value is -2.55. The van der Waals surface area contributed by atoms with E-state index in [1.807, 2.05) is 48.7 Å². The highest BCUT2D eigenvalue weighted by atomic mass is 15.2. The molecule has 20 heavy (non-hydrogen) atoms. The number of hydrogen-bond donors (Lipinski definition) is 0. The highest BCUT2D eigenvalue weighted by Crippen LogP contribution is 2.31. The smallest absolute Gasteiger partial charge is 0.256 e. The van der Waals surface area contributed by atoms with Crippen LogP contribution in [-0.2, 0) is 13.5 Å². The van der Waals surface area contributed by atoms with Gasteiger partial charge in [-0.3, -0.25) is 4.57 Å². The van der Waals surface area contributed by atoms with Gasteiger partial charge < -0.3 is 0 Å². The van der Waals surface area contributed by atoms with Gasteiger partial charge in [-0.25, -0.2) is 8.97 Å². The summed E-state index contributed by atoms with van der Waals surface area (Å²) in [5.74, 6) is 0.767. The van der Waals surface area contributed by atoms with Crippen molar-refractivity contribution in [3.63, 3.8) is 0 Å². The Morgan fingerprint density at radius 2 is 2.05 bits per heavy atom. The van der Waals surface area contributed by atoms with E-state index in [1.54, 1.807) is 0 Å². The highest BCUT2D eigenvalue weighted by molar-refractivity contribution is 5.82. The quantitative estimate of drug-likeness (QED) is 0.381. The molecule has 0 aliphatic carbocycles. The van der Waals surface area contributed by atoms with Crippen LogP contribution < -0.4 is 4.57 Å². The molecule has 0 unspecified atom stereocenters. The Labute approximate surface area is 120 Å². The maximum absolute atomic E-state index is 8.03. The van der Waals surface area contributed by atoms with Crippen molar-refractivity contribution in [3.8, 4) is 11.4 Å². The van der Waals surface area contributed by atoms with E-state index >= 15 is 0 Å².